The molecule has 1 N–H and O–H groups in total. The topological polar surface area (TPSA) is 67.6 Å². The van der Waals surface area contributed by atoms with E-state index >= 15 is 0 Å². The zero-order valence-corrected chi connectivity index (χ0v) is 18.8. The molecule has 0 fully saturated rings. The molecule has 3 aromatic carbocycles. The maximum absolute atomic E-state index is 6.03. The van der Waals surface area contributed by atoms with E-state index in [4.69, 9.17) is 9.40 Å². The average molecular weight is 449 g/mol. The third-order valence-corrected chi connectivity index (χ3v) is 6.65. The van der Waals surface area contributed by atoms with Crippen molar-refractivity contribution in [3.8, 4) is 22.8 Å². The highest BCUT2D eigenvalue weighted by Gasteiger charge is 2.18. The molecule has 33 heavy (non-hydrogen) atoms. The van der Waals surface area contributed by atoms with Gasteiger partial charge in [0.05, 0.1) is 11.2 Å². The number of fused-ring (bicyclic) bond motifs is 3. The summed E-state index contributed by atoms with van der Waals surface area (Å²) in [6.07, 6.45) is 0. The summed E-state index contributed by atoms with van der Waals surface area (Å²) in [6.45, 7) is 2.11. The molecule has 5 nitrogen and oxygen atoms in total. The highest BCUT2D eigenvalue weighted by Crippen LogP contribution is 2.35. The van der Waals surface area contributed by atoms with E-state index in [1.165, 1.54) is 22.9 Å². The van der Waals surface area contributed by atoms with E-state index in [2.05, 4.69) is 58.5 Å². The summed E-state index contributed by atoms with van der Waals surface area (Å²) in [4.78, 5) is 8.49. The molecule has 6 rings (SSSR count). The summed E-state index contributed by atoms with van der Waals surface area (Å²) >= 11 is 1.54. The van der Waals surface area contributed by atoms with Crippen molar-refractivity contribution in [3.05, 3.63) is 96.1 Å². The highest BCUT2D eigenvalue weighted by atomic mass is 32.2. The molecule has 0 aliphatic heterocycles. The van der Waals surface area contributed by atoms with Gasteiger partial charge in [-0.2, -0.15) is 0 Å². The van der Waals surface area contributed by atoms with Crippen LogP contribution < -0.4 is 0 Å². The Morgan fingerprint density at radius 3 is 2.52 bits per heavy atom. The molecular formula is C27H20N4OS. The molecule has 0 atom stereocenters. The van der Waals surface area contributed by atoms with Gasteiger partial charge in [-0.05, 0) is 30.2 Å². The third kappa shape index (κ3) is 3.68. The molecule has 6 heteroatoms. The molecule has 3 heterocycles. The van der Waals surface area contributed by atoms with Crippen LogP contribution in [-0.2, 0) is 5.75 Å². The van der Waals surface area contributed by atoms with Crippen LogP contribution in [0.15, 0.2) is 94.6 Å². The number of aromatic nitrogens is 4. The molecule has 6 aromatic rings. The number of pyridine rings is 1. The summed E-state index contributed by atoms with van der Waals surface area (Å²) < 4.78 is 6.03. The number of thioether (sulfide) groups is 1. The van der Waals surface area contributed by atoms with Crippen molar-refractivity contribution in [1.82, 2.24) is 20.2 Å². The first kappa shape index (κ1) is 19.8. The molecule has 3 aromatic heterocycles. The lowest BCUT2D eigenvalue weighted by molar-refractivity contribution is 0.464. The monoisotopic (exact) mass is 448 g/mol. The normalized spacial score (nSPS) is 11.4. The second-order valence-corrected chi connectivity index (χ2v) is 8.83. The van der Waals surface area contributed by atoms with Gasteiger partial charge in [0.2, 0.25) is 0 Å². The van der Waals surface area contributed by atoms with Gasteiger partial charge >= 0.3 is 0 Å². The fourth-order valence-corrected chi connectivity index (χ4v) is 4.88. The van der Waals surface area contributed by atoms with Crippen molar-refractivity contribution in [3.63, 3.8) is 0 Å². The molecule has 0 bridgehead atoms. The van der Waals surface area contributed by atoms with E-state index in [1.54, 1.807) is 0 Å². The zero-order chi connectivity index (χ0) is 22.2. The van der Waals surface area contributed by atoms with Gasteiger partial charge in [-0.15, -0.1) is 10.2 Å². The van der Waals surface area contributed by atoms with Crippen molar-refractivity contribution >= 4 is 33.6 Å². The lowest BCUT2D eigenvalue weighted by Crippen LogP contribution is -1.90. The van der Waals surface area contributed by atoms with E-state index < -0.39 is 0 Å². The number of benzene rings is 3. The highest BCUT2D eigenvalue weighted by molar-refractivity contribution is 7.98. The Bertz CT molecular complexity index is 1590. The largest absolute Gasteiger partial charge is 0.410 e. The molecule has 0 saturated heterocycles. The minimum atomic E-state index is 0.423. The standard InChI is InChI=1S/C27H20N4OS/c1-17-9-5-6-12-19(17)16-33-27-31-30-26(32-27)23-15-21-20-13-7-8-14-22(20)28-25(21)24(29-23)18-10-3-2-4-11-18/h2-15,28H,16H2,1H3. The molecule has 0 spiro atoms. The Hall–Kier alpha value is -3.90. The number of aromatic amines is 1. The third-order valence-electron chi connectivity index (χ3n) is 5.78. The fourth-order valence-electron chi connectivity index (χ4n) is 4.04. The molecule has 0 saturated carbocycles. The summed E-state index contributed by atoms with van der Waals surface area (Å²) in [7, 11) is 0. The van der Waals surface area contributed by atoms with E-state index in [9.17, 15) is 0 Å². The van der Waals surface area contributed by atoms with Crippen LogP contribution in [0.1, 0.15) is 11.1 Å². The molecule has 0 aliphatic rings. The minimum absolute atomic E-state index is 0.423. The van der Waals surface area contributed by atoms with Crippen molar-refractivity contribution in [2.75, 3.05) is 0 Å². The van der Waals surface area contributed by atoms with Gasteiger partial charge < -0.3 is 9.40 Å². The number of para-hydroxylation sites is 1. The lowest BCUT2D eigenvalue weighted by atomic mass is 10.1. The molecule has 0 unspecified atom stereocenters. The second-order valence-electron chi connectivity index (χ2n) is 7.90. The van der Waals surface area contributed by atoms with Crippen molar-refractivity contribution in [2.24, 2.45) is 0 Å². The number of hydrogen-bond acceptors (Lipinski definition) is 5. The van der Waals surface area contributed by atoms with Crippen LogP contribution in [0.3, 0.4) is 0 Å². The van der Waals surface area contributed by atoms with Crippen LogP contribution in [-0.4, -0.2) is 20.2 Å². The van der Waals surface area contributed by atoms with Crippen molar-refractivity contribution < 1.29 is 4.42 Å². The summed E-state index contributed by atoms with van der Waals surface area (Å²) in [5, 5.41) is 11.3. The van der Waals surface area contributed by atoms with Crippen LogP contribution in [0.4, 0.5) is 0 Å². The van der Waals surface area contributed by atoms with Gasteiger partial charge in [-0.25, -0.2) is 4.98 Å². The van der Waals surface area contributed by atoms with Crippen LogP contribution in [0.2, 0.25) is 0 Å². The Morgan fingerprint density at radius 1 is 0.848 bits per heavy atom. The number of nitrogens with one attached hydrogen (secondary N) is 1. The predicted octanol–water partition coefficient (Wildman–Crippen LogP) is 7.03. The SMILES string of the molecule is Cc1ccccc1CSc1nnc(-c2cc3c([nH]c4ccccc43)c(-c3ccccc3)n2)o1. The van der Waals surface area contributed by atoms with E-state index in [0.29, 0.717) is 16.8 Å². The van der Waals surface area contributed by atoms with Crippen molar-refractivity contribution in [2.45, 2.75) is 17.9 Å². The first-order valence-electron chi connectivity index (χ1n) is 10.7. The predicted molar refractivity (Wildman–Crippen MR) is 133 cm³/mol. The summed E-state index contributed by atoms with van der Waals surface area (Å²) in [5.74, 6) is 1.20. The van der Waals surface area contributed by atoms with Crippen LogP contribution in [0, 0.1) is 6.92 Å². The number of rotatable bonds is 5. The summed E-state index contributed by atoms with van der Waals surface area (Å²) in [5.41, 5.74) is 7.15. The van der Waals surface area contributed by atoms with Crippen LogP contribution in [0.5, 0.6) is 0 Å². The van der Waals surface area contributed by atoms with E-state index in [1.807, 2.05) is 48.5 Å². The fraction of sp³-hybridized carbons (Fsp3) is 0.0741. The van der Waals surface area contributed by atoms with Gasteiger partial charge in [0.25, 0.3) is 11.1 Å². The van der Waals surface area contributed by atoms with Gasteiger partial charge in [-0.3, -0.25) is 0 Å². The van der Waals surface area contributed by atoms with Gasteiger partial charge in [0.1, 0.15) is 5.69 Å². The Morgan fingerprint density at radius 2 is 1.64 bits per heavy atom. The zero-order valence-electron chi connectivity index (χ0n) is 17.9. The number of H-pyrrole nitrogens is 1. The average Bonchev–Trinajstić information content (AvgIpc) is 3.48. The molecular weight excluding hydrogens is 428 g/mol. The Labute approximate surface area is 194 Å². The summed E-state index contributed by atoms with van der Waals surface area (Å²) in [6, 6.07) is 28.8. The number of aryl methyl sites for hydroxylation is 1. The number of nitrogens with zero attached hydrogens (tertiary/aromatic N) is 3. The quantitative estimate of drug-likeness (QED) is 0.287. The first-order valence-corrected chi connectivity index (χ1v) is 11.7. The van der Waals surface area contributed by atoms with Gasteiger partial charge in [-0.1, -0.05) is 84.6 Å². The first-order chi connectivity index (χ1) is 16.3. The molecule has 0 aliphatic carbocycles. The maximum Gasteiger partial charge on any atom is 0.277 e. The molecule has 160 valence electrons. The minimum Gasteiger partial charge on any atom is -0.410 e. The Kier molecular flexibility index (Phi) is 4.92. The lowest BCUT2D eigenvalue weighted by Gasteiger charge is -2.05. The maximum atomic E-state index is 6.03. The molecule has 0 amide bonds. The van der Waals surface area contributed by atoms with Crippen molar-refractivity contribution in [1.29, 1.82) is 0 Å². The van der Waals surface area contributed by atoms with Crippen LogP contribution in [0.25, 0.3) is 44.6 Å². The van der Waals surface area contributed by atoms with E-state index in [0.717, 1.165) is 38.8 Å². The Balaban J connectivity index is 1.43. The van der Waals surface area contributed by atoms with Gasteiger partial charge in [0, 0.05) is 27.6 Å². The smallest absolute Gasteiger partial charge is 0.277 e. The van der Waals surface area contributed by atoms with Gasteiger partial charge in [0.15, 0.2) is 0 Å². The van der Waals surface area contributed by atoms with E-state index in [-0.39, 0.29) is 0 Å². The molecule has 0 radical (unpaired) electrons. The van der Waals surface area contributed by atoms with Crippen LogP contribution >= 0.6 is 11.8 Å². The second kappa shape index (κ2) is 8.22. The number of hydrogen-bond donors (Lipinski definition) is 1.